The molecule has 1 N–H and O–H groups in total. The second-order valence-corrected chi connectivity index (χ2v) is 8.71. The van der Waals surface area contributed by atoms with Gasteiger partial charge in [-0.1, -0.05) is 47.5 Å². The van der Waals surface area contributed by atoms with E-state index in [9.17, 15) is 14.4 Å². The van der Waals surface area contributed by atoms with Crippen LogP contribution in [0.5, 0.6) is 0 Å². The van der Waals surface area contributed by atoms with Crippen molar-refractivity contribution in [2.24, 2.45) is 0 Å². The molecular formula is C26H23Cl2N3O4. The van der Waals surface area contributed by atoms with Crippen LogP contribution in [0, 0.1) is 0 Å². The van der Waals surface area contributed by atoms with E-state index >= 15 is 0 Å². The van der Waals surface area contributed by atoms with Gasteiger partial charge in [-0.3, -0.25) is 9.59 Å². The number of halogens is 2. The molecule has 0 unspecified atom stereocenters. The highest BCUT2D eigenvalue weighted by molar-refractivity contribution is 6.44. The number of nitrogens with one attached hydrogen (secondary N) is 1. The van der Waals surface area contributed by atoms with E-state index in [1.54, 1.807) is 53.4 Å². The van der Waals surface area contributed by atoms with Crippen molar-refractivity contribution in [3.8, 4) is 0 Å². The summed E-state index contributed by atoms with van der Waals surface area (Å²) in [5, 5.41) is 3.27. The van der Waals surface area contributed by atoms with Crippen molar-refractivity contribution in [1.82, 2.24) is 4.90 Å². The van der Waals surface area contributed by atoms with E-state index in [2.05, 4.69) is 10.2 Å². The molecular weight excluding hydrogens is 489 g/mol. The van der Waals surface area contributed by atoms with Gasteiger partial charge in [-0.25, -0.2) is 4.79 Å². The topological polar surface area (TPSA) is 79.0 Å². The number of hydrogen-bond acceptors (Lipinski definition) is 5. The average molecular weight is 512 g/mol. The molecule has 0 saturated carbocycles. The van der Waals surface area contributed by atoms with Crippen LogP contribution in [0.3, 0.4) is 0 Å². The van der Waals surface area contributed by atoms with Crippen molar-refractivity contribution < 1.29 is 19.1 Å². The Balaban J connectivity index is 1.57. The molecule has 7 nitrogen and oxygen atoms in total. The van der Waals surface area contributed by atoms with Crippen LogP contribution in [-0.4, -0.2) is 56.0 Å². The first kappa shape index (κ1) is 24.6. The van der Waals surface area contributed by atoms with Crippen LogP contribution < -0.4 is 10.2 Å². The number of carbonyl (C=O) groups excluding carboxylic acids is 3. The van der Waals surface area contributed by atoms with Gasteiger partial charge in [0.2, 0.25) is 0 Å². The van der Waals surface area contributed by atoms with Gasteiger partial charge in [0.25, 0.3) is 11.8 Å². The summed E-state index contributed by atoms with van der Waals surface area (Å²) in [5.41, 5.74) is 2.30. The van der Waals surface area contributed by atoms with Crippen molar-refractivity contribution in [2.45, 2.75) is 0 Å². The first-order valence-electron chi connectivity index (χ1n) is 11.0. The highest BCUT2D eigenvalue weighted by Crippen LogP contribution is 2.31. The number of benzene rings is 3. The van der Waals surface area contributed by atoms with Gasteiger partial charge < -0.3 is 19.9 Å². The number of anilines is 2. The predicted octanol–water partition coefficient (Wildman–Crippen LogP) is 4.99. The molecule has 1 heterocycles. The molecule has 3 aromatic rings. The molecule has 0 aromatic heterocycles. The zero-order valence-electron chi connectivity index (χ0n) is 19.0. The van der Waals surface area contributed by atoms with Gasteiger partial charge in [-0.2, -0.15) is 0 Å². The van der Waals surface area contributed by atoms with Crippen LogP contribution in [0.25, 0.3) is 0 Å². The molecule has 0 aliphatic carbocycles. The number of amides is 2. The Hall–Kier alpha value is -3.55. The average Bonchev–Trinajstić information content (AvgIpc) is 2.90. The van der Waals surface area contributed by atoms with Crippen LogP contribution >= 0.6 is 23.2 Å². The van der Waals surface area contributed by atoms with E-state index in [-0.39, 0.29) is 21.5 Å². The molecule has 1 fully saturated rings. The molecule has 35 heavy (non-hydrogen) atoms. The largest absolute Gasteiger partial charge is 0.465 e. The van der Waals surface area contributed by atoms with Crippen molar-refractivity contribution in [2.75, 3.05) is 43.5 Å². The molecule has 0 atom stereocenters. The smallest absolute Gasteiger partial charge is 0.337 e. The lowest BCUT2D eigenvalue weighted by Crippen LogP contribution is -2.49. The van der Waals surface area contributed by atoms with Gasteiger partial charge in [-0.15, -0.1) is 0 Å². The quantitative estimate of drug-likeness (QED) is 0.488. The number of piperazine rings is 1. The van der Waals surface area contributed by atoms with E-state index < -0.39 is 11.9 Å². The van der Waals surface area contributed by atoms with Crippen LogP contribution in [0.1, 0.15) is 31.1 Å². The zero-order valence-corrected chi connectivity index (χ0v) is 20.5. The molecule has 1 saturated heterocycles. The summed E-state index contributed by atoms with van der Waals surface area (Å²) >= 11 is 12.3. The molecule has 4 rings (SSSR count). The van der Waals surface area contributed by atoms with Gasteiger partial charge in [0.1, 0.15) is 0 Å². The minimum Gasteiger partial charge on any atom is -0.465 e. The minimum atomic E-state index is -0.522. The third-order valence-corrected chi connectivity index (χ3v) is 6.61. The summed E-state index contributed by atoms with van der Waals surface area (Å²) in [7, 11) is 1.29. The monoisotopic (exact) mass is 511 g/mol. The van der Waals surface area contributed by atoms with Gasteiger partial charge in [0, 0.05) is 31.7 Å². The Kier molecular flexibility index (Phi) is 7.58. The minimum absolute atomic E-state index is 0.0181. The van der Waals surface area contributed by atoms with E-state index in [1.165, 1.54) is 7.11 Å². The Morgan fingerprint density at radius 2 is 1.57 bits per heavy atom. The van der Waals surface area contributed by atoms with Crippen molar-refractivity contribution in [3.63, 3.8) is 0 Å². The maximum absolute atomic E-state index is 13.0. The molecule has 0 radical (unpaired) electrons. The van der Waals surface area contributed by atoms with E-state index in [1.807, 2.05) is 18.2 Å². The van der Waals surface area contributed by atoms with Crippen LogP contribution in [-0.2, 0) is 4.74 Å². The molecule has 9 heteroatoms. The lowest BCUT2D eigenvalue weighted by atomic mass is 10.1. The Morgan fingerprint density at radius 3 is 2.26 bits per heavy atom. The number of nitrogens with zero attached hydrogens (tertiary/aromatic N) is 2. The first-order chi connectivity index (χ1) is 16.9. The highest BCUT2D eigenvalue weighted by atomic mass is 35.5. The van der Waals surface area contributed by atoms with Gasteiger partial charge in [-0.05, 0) is 42.5 Å². The predicted molar refractivity (Wildman–Crippen MR) is 137 cm³/mol. The Labute approximate surface area is 213 Å². The maximum Gasteiger partial charge on any atom is 0.337 e. The summed E-state index contributed by atoms with van der Waals surface area (Å²) in [5.74, 6) is -1.000. The fourth-order valence-corrected chi connectivity index (χ4v) is 4.33. The highest BCUT2D eigenvalue weighted by Gasteiger charge is 2.25. The van der Waals surface area contributed by atoms with Gasteiger partial charge >= 0.3 is 5.97 Å². The summed E-state index contributed by atoms with van der Waals surface area (Å²) in [6.07, 6.45) is 0. The van der Waals surface area contributed by atoms with Crippen molar-refractivity contribution in [3.05, 3.63) is 93.5 Å². The van der Waals surface area contributed by atoms with Crippen molar-refractivity contribution in [1.29, 1.82) is 0 Å². The molecule has 3 aromatic carbocycles. The van der Waals surface area contributed by atoms with E-state index in [0.29, 0.717) is 43.0 Å². The number of methoxy groups -OCH3 is 1. The summed E-state index contributed by atoms with van der Waals surface area (Å²) in [6, 6.07) is 18.9. The maximum atomic E-state index is 13.0. The molecule has 1 aliphatic rings. The number of rotatable bonds is 5. The van der Waals surface area contributed by atoms with E-state index in [4.69, 9.17) is 27.9 Å². The lowest BCUT2D eigenvalue weighted by molar-refractivity contribution is 0.0600. The standard InChI is InChI=1S/C26H23Cl2N3O4/c1-35-26(34)18-10-11-22(21(16-18)29-24(32)19-8-5-9-20(27)23(19)28)30-12-14-31(15-13-30)25(33)17-6-3-2-4-7-17/h2-11,16H,12-15H2,1H3,(H,29,32). The first-order valence-corrected chi connectivity index (χ1v) is 11.7. The molecule has 1 aliphatic heterocycles. The fourth-order valence-electron chi connectivity index (χ4n) is 3.94. The number of ether oxygens (including phenoxy) is 1. The second-order valence-electron chi connectivity index (χ2n) is 7.92. The van der Waals surface area contributed by atoms with Crippen LogP contribution in [0.4, 0.5) is 11.4 Å². The number of esters is 1. The normalized spacial score (nSPS) is 13.3. The fraction of sp³-hybridized carbons (Fsp3) is 0.192. The van der Waals surface area contributed by atoms with Crippen LogP contribution in [0.2, 0.25) is 10.0 Å². The molecule has 0 bridgehead atoms. The summed E-state index contributed by atoms with van der Waals surface area (Å²) in [4.78, 5) is 41.8. The number of hydrogen-bond donors (Lipinski definition) is 1. The third kappa shape index (κ3) is 5.42. The van der Waals surface area contributed by atoms with Gasteiger partial charge in [0.15, 0.2) is 0 Å². The lowest BCUT2D eigenvalue weighted by Gasteiger charge is -2.37. The molecule has 0 spiro atoms. The van der Waals surface area contributed by atoms with Crippen LogP contribution in [0.15, 0.2) is 66.7 Å². The summed E-state index contributed by atoms with van der Waals surface area (Å²) < 4.78 is 4.84. The van der Waals surface area contributed by atoms with E-state index in [0.717, 1.165) is 5.69 Å². The van der Waals surface area contributed by atoms with Gasteiger partial charge in [0.05, 0.1) is 39.7 Å². The molecule has 2 amide bonds. The van der Waals surface area contributed by atoms with Crippen molar-refractivity contribution >= 4 is 52.4 Å². The SMILES string of the molecule is COC(=O)c1ccc(N2CCN(C(=O)c3ccccc3)CC2)c(NC(=O)c2cccc(Cl)c2Cl)c1. The number of carbonyl (C=O) groups is 3. The Bertz CT molecular complexity index is 1260. The molecule has 180 valence electrons. The third-order valence-electron chi connectivity index (χ3n) is 5.79. The summed E-state index contributed by atoms with van der Waals surface area (Å²) in [6.45, 7) is 2.13. The zero-order chi connectivity index (χ0) is 24.9. The Morgan fingerprint density at radius 1 is 0.857 bits per heavy atom. The second kappa shape index (κ2) is 10.8.